The van der Waals surface area contributed by atoms with E-state index in [1.54, 1.807) is 35.0 Å². The molecule has 0 fully saturated rings. The summed E-state index contributed by atoms with van der Waals surface area (Å²) in [5.41, 5.74) is 2.00. The Hall–Kier alpha value is -3.56. The third-order valence-corrected chi connectivity index (χ3v) is 6.23. The Morgan fingerprint density at radius 1 is 1.19 bits per heavy atom. The first-order valence-corrected chi connectivity index (χ1v) is 10.8. The van der Waals surface area contributed by atoms with Crippen molar-refractivity contribution in [3.8, 4) is 17.2 Å². The van der Waals surface area contributed by atoms with Crippen LogP contribution in [0.25, 0.3) is 15.9 Å². The third kappa shape index (κ3) is 3.76. The number of benzene rings is 2. The Labute approximate surface area is 191 Å². The number of rotatable bonds is 5. The molecule has 0 saturated heterocycles. The minimum Gasteiger partial charge on any atom is -0.454 e. The van der Waals surface area contributed by atoms with E-state index in [9.17, 15) is 9.59 Å². The van der Waals surface area contributed by atoms with E-state index in [-0.39, 0.29) is 6.79 Å². The van der Waals surface area contributed by atoms with Crippen molar-refractivity contribution in [2.24, 2.45) is 0 Å². The van der Waals surface area contributed by atoms with Crippen molar-refractivity contribution in [1.29, 1.82) is 0 Å². The molecular formula is C22H16ClN3O5S. The number of hydrogen-bond donors (Lipinski definition) is 1. The maximum Gasteiger partial charge on any atom is 0.348 e. The highest BCUT2D eigenvalue weighted by Gasteiger charge is 2.20. The van der Waals surface area contributed by atoms with Crippen LogP contribution in [0.1, 0.15) is 15.4 Å². The molecule has 4 aromatic rings. The normalized spacial score (nSPS) is 12.2. The zero-order chi connectivity index (χ0) is 22.2. The second kappa shape index (κ2) is 8.18. The fraction of sp³-hybridized carbons (Fsp3) is 0.136. The smallest absolute Gasteiger partial charge is 0.348 e. The van der Waals surface area contributed by atoms with Gasteiger partial charge >= 0.3 is 5.97 Å². The van der Waals surface area contributed by atoms with Gasteiger partial charge in [-0.1, -0.05) is 23.7 Å². The minimum atomic E-state index is -0.586. The number of nitrogens with one attached hydrogen (secondary N) is 1. The van der Waals surface area contributed by atoms with E-state index in [0.29, 0.717) is 27.1 Å². The summed E-state index contributed by atoms with van der Waals surface area (Å²) >= 11 is 7.54. The second-order valence-electron chi connectivity index (χ2n) is 6.97. The van der Waals surface area contributed by atoms with E-state index < -0.39 is 18.5 Å². The summed E-state index contributed by atoms with van der Waals surface area (Å²) in [5, 5.41) is 8.58. The Morgan fingerprint density at radius 3 is 2.84 bits per heavy atom. The number of amides is 1. The van der Waals surface area contributed by atoms with E-state index in [1.807, 2.05) is 25.1 Å². The molecule has 2 aromatic heterocycles. The molecule has 2 aromatic carbocycles. The van der Waals surface area contributed by atoms with Crippen LogP contribution in [0, 0.1) is 6.92 Å². The lowest BCUT2D eigenvalue weighted by Gasteiger charge is -2.07. The van der Waals surface area contributed by atoms with Crippen LogP contribution >= 0.6 is 22.9 Å². The van der Waals surface area contributed by atoms with Gasteiger partial charge in [-0.25, -0.2) is 9.48 Å². The second-order valence-corrected chi connectivity index (χ2v) is 8.41. The number of hydrogen-bond acceptors (Lipinski definition) is 7. The largest absolute Gasteiger partial charge is 0.454 e. The fourth-order valence-corrected chi connectivity index (χ4v) is 4.59. The number of aromatic nitrogens is 2. The number of ether oxygens (including phenoxy) is 3. The summed E-state index contributed by atoms with van der Waals surface area (Å²) in [5.74, 6) is 0.117. The van der Waals surface area contributed by atoms with Crippen molar-refractivity contribution in [1.82, 2.24) is 9.78 Å². The number of anilines is 1. The SMILES string of the molecule is Cc1nn(-c2ccccc2Cl)c2sc(C(=O)OCC(=O)Nc3ccc4c(c3)OCO4)cc12. The number of carbonyl (C=O) groups is 2. The van der Waals surface area contributed by atoms with Gasteiger partial charge in [-0.05, 0) is 37.3 Å². The van der Waals surface area contributed by atoms with Gasteiger partial charge in [0.2, 0.25) is 6.79 Å². The van der Waals surface area contributed by atoms with Crippen molar-refractivity contribution in [2.75, 3.05) is 18.7 Å². The minimum absolute atomic E-state index is 0.146. The summed E-state index contributed by atoms with van der Waals surface area (Å²) in [6.45, 7) is 1.58. The Bertz CT molecular complexity index is 1360. The lowest BCUT2D eigenvalue weighted by Crippen LogP contribution is -2.20. The summed E-state index contributed by atoms with van der Waals surface area (Å²) in [4.78, 5) is 25.9. The van der Waals surface area contributed by atoms with Crippen molar-refractivity contribution in [3.05, 3.63) is 64.1 Å². The number of nitrogens with zero attached hydrogens (tertiary/aromatic N) is 2. The highest BCUT2D eigenvalue weighted by Crippen LogP contribution is 2.34. The number of para-hydroxylation sites is 1. The van der Waals surface area contributed by atoms with Crippen LogP contribution in [-0.2, 0) is 9.53 Å². The molecule has 0 spiro atoms. The fourth-order valence-electron chi connectivity index (χ4n) is 3.31. The lowest BCUT2D eigenvalue weighted by molar-refractivity contribution is -0.119. The average molecular weight is 470 g/mol. The van der Waals surface area contributed by atoms with Crippen LogP contribution < -0.4 is 14.8 Å². The molecule has 32 heavy (non-hydrogen) atoms. The van der Waals surface area contributed by atoms with Crippen molar-refractivity contribution < 1.29 is 23.8 Å². The standard InChI is InChI=1S/C22H16ClN3O5S/c1-12-14-9-19(32-21(14)26(25-12)16-5-3-2-4-15(16)23)22(28)29-10-20(27)24-13-6-7-17-18(8-13)31-11-30-17/h2-9H,10-11H2,1H3,(H,24,27). The third-order valence-electron chi connectivity index (χ3n) is 4.82. The van der Waals surface area contributed by atoms with Gasteiger partial charge in [0.25, 0.3) is 5.91 Å². The van der Waals surface area contributed by atoms with E-state index in [0.717, 1.165) is 21.6 Å². The maximum absolute atomic E-state index is 12.6. The van der Waals surface area contributed by atoms with Crippen LogP contribution in [0.5, 0.6) is 11.5 Å². The summed E-state index contributed by atoms with van der Waals surface area (Å²) in [6, 6.07) is 14.1. The number of halogens is 1. The first-order valence-electron chi connectivity index (χ1n) is 9.60. The van der Waals surface area contributed by atoms with E-state index >= 15 is 0 Å². The zero-order valence-electron chi connectivity index (χ0n) is 16.8. The lowest BCUT2D eigenvalue weighted by atomic mass is 10.3. The number of esters is 1. The van der Waals surface area contributed by atoms with Gasteiger partial charge < -0.3 is 19.5 Å². The monoisotopic (exact) mass is 469 g/mol. The molecule has 1 N–H and O–H groups in total. The van der Waals surface area contributed by atoms with E-state index in [2.05, 4.69) is 10.4 Å². The van der Waals surface area contributed by atoms with Gasteiger partial charge in [0.15, 0.2) is 18.1 Å². The first-order chi connectivity index (χ1) is 15.5. The quantitative estimate of drug-likeness (QED) is 0.430. The molecule has 162 valence electrons. The number of aryl methyl sites for hydroxylation is 1. The van der Waals surface area contributed by atoms with Crippen LogP contribution in [0.4, 0.5) is 5.69 Å². The average Bonchev–Trinajstić information content (AvgIpc) is 3.49. The molecule has 8 nitrogen and oxygen atoms in total. The predicted octanol–water partition coefficient (Wildman–Crippen LogP) is 4.57. The number of carbonyl (C=O) groups excluding carboxylic acids is 2. The predicted molar refractivity (Wildman–Crippen MR) is 120 cm³/mol. The van der Waals surface area contributed by atoms with Crippen LogP contribution in [0.2, 0.25) is 5.02 Å². The Balaban J connectivity index is 1.28. The van der Waals surface area contributed by atoms with Crippen LogP contribution in [-0.4, -0.2) is 35.1 Å². The molecule has 1 aliphatic heterocycles. The maximum atomic E-state index is 12.6. The Kier molecular flexibility index (Phi) is 5.20. The molecular weight excluding hydrogens is 454 g/mol. The molecule has 1 amide bonds. The molecule has 3 heterocycles. The van der Waals surface area contributed by atoms with E-state index in [1.165, 1.54) is 11.3 Å². The van der Waals surface area contributed by atoms with Gasteiger partial charge in [0, 0.05) is 17.1 Å². The molecule has 0 saturated carbocycles. The Morgan fingerprint density at radius 2 is 2.00 bits per heavy atom. The molecule has 0 radical (unpaired) electrons. The van der Waals surface area contributed by atoms with Gasteiger partial charge in [0.1, 0.15) is 9.71 Å². The summed E-state index contributed by atoms with van der Waals surface area (Å²) in [7, 11) is 0. The van der Waals surface area contributed by atoms with Crippen molar-refractivity contribution in [3.63, 3.8) is 0 Å². The summed E-state index contributed by atoms with van der Waals surface area (Å²) < 4.78 is 17.4. The highest BCUT2D eigenvalue weighted by molar-refractivity contribution is 7.20. The van der Waals surface area contributed by atoms with Crippen molar-refractivity contribution in [2.45, 2.75) is 6.92 Å². The van der Waals surface area contributed by atoms with E-state index in [4.69, 9.17) is 25.8 Å². The van der Waals surface area contributed by atoms with Gasteiger partial charge in [0.05, 0.1) is 16.4 Å². The molecule has 10 heteroatoms. The van der Waals surface area contributed by atoms with Gasteiger partial charge in [-0.3, -0.25) is 4.79 Å². The molecule has 0 aliphatic carbocycles. The molecule has 1 aliphatic rings. The van der Waals surface area contributed by atoms with Crippen LogP contribution in [0.15, 0.2) is 48.5 Å². The topological polar surface area (TPSA) is 91.7 Å². The molecule has 0 unspecified atom stereocenters. The number of fused-ring (bicyclic) bond motifs is 2. The van der Waals surface area contributed by atoms with Crippen LogP contribution in [0.3, 0.4) is 0 Å². The highest BCUT2D eigenvalue weighted by atomic mass is 35.5. The molecule has 5 rings (SSSR count). The number of thiophene rings is 1. The molecule has 0 atom stereocenters. The van der Waals surface area contributed by atoms with Gasteiger partial charge in [-0.15, -0.1) is 11.3 Å². The molecule has 0 bridgehead atoms. The zero-order valence-corrected chi connectivity index (χ0v) is 18.3. The first kappa shape index (κ1) is 20.3. The van der Waals surface area contributed by atoms with Gasteiger partial charge in [-0.2, -0.15) is 5.10 Å². The van der Waals surface area contributed by atoms with Crippen molar-refractivity contribution >= 4 is 50.7 Å². The summed E-state index contributed by atoms with van der Waals surface area (Å²) in [6.07, 6.45) is 0.